The Bertz CT molecular complexity index is 501. The molecule has 0 radical (unpaired) electrons. The molecule has 1 aliphatic carbocycles. The Kier molecular flexibility index (Phi) is 2.40. The molecule has 5 nitrogen and oxygen atoms in total. The number of hydrogen-bond acceptors (Lipinski definition) is 4. The van der Waals surface area contributed by atoms with Crippen LogP contribution < -0.4 is 5.73 Å². The van der Waals surface area contributed by atoms with Crippen molar-refractivity contribution in [2.75, 3.05) is 6.54 Å². The van der Waals surface area contributed by atoms with Crippen LogP contribution in [0.4, 0.5) is 0 Å². The van der Waals surface area contributed by atoms with Gasteiger partial charge in [0.1, 0.15) is 0 Å². The van der Waals surface area contributed by atoms with E-state index in [0.29, 0.717) is 13.1 Å². The number of rotatable bonds is 4. The molecule has 1 aromatic carbocycles. The molecule has 5 heteroatoms. The first-order chi connectivity index (χ1) is 8.32. The molecule has 2 aromatic rings. The average Bonchev–Trinajstić information content (AvgIpc) is 3.05. The molecule has 3 rings (SSSR count). The van der Waals surface area contributed by atoms with Gasteiger partial charge in [0, 0.05) is 12.0 Å². The number of aromatic nitrogens is 4. The molecule has 0 spiro atoms. The second-order valence-corrected chi connectivity index (χ2v) is 4.61. The molecule has 88 valence electrons. The highest BCUT2D eigenvalue weighted by Crippen LogP contribution is 2.45. The third kappa shape index (κ3) is 1.93. The van der Waals surface area contributed by atoms with E-state index in [0.717, 1.165) is 18.7 Å². The lowest BCUT2D eigenvalue weighted by molar-refractivity contribution is 0.563. The van der Waals surface area contributed by atoms with Crippen LogP contribution in [0.3, 0.4) is 0 Å². The highest BCUT2D eigenvalue weighted by molar-refractivity contribution is 5.17. The minimum Gasteiger partial charge on any atom is -0.329 e. The van der Waals surface area contributed by atoms with Gasteiger partial charge in [-0.1, -0.05) is 30.3 Å². The number of benzene rings is 1. The molecule has 0 aliphatic heterocycles. The highest BCUT2D eigenvalue weighted by Gasteiger charge is 2.47. The lowest BCUT2D eigenvalue weighted by Crippen LogP contribution is -2.21. The van der Waals surface area contributed by atoms with Crippen molar-refractivity contribution in [2.45, 2.75) is 24.8 Å². The molecule has 2 N–H and O–H groups in total. The normalized spacial score (nSPS) is 17.0. The van der Waals surface area contributed by atoms with E-state index < -0.39 is 0 Å². The maximum absolute atomic E-state index is 5.75. The zero-order valence-corrected chi connectivity index (χ0v) is 9.58. The van der Waals surface area contributed by atoms with E-state index in [4.69, 9.17) is 5.73 Å². The first-order valence-electron chi connectivity index (χ1n) is 5.85. The number of nitrogens with two attached hydrogens (primary N) is 1. The van der Waals surface area contributed by atoms with E-state index in [-0.39, 0.29) is 5.41 Å². The number of tetrazole rings is 1. The highest BCUT2D eigenvalue weighted by atomic mass is 15.6. The van der Waals surface area contributed by atoms with Crippen LogP contribution in [0.15, 0.2) is 30.3 Å². The van der Waals surface area contributed by atoms with Crippen molar-refractivity contribution >= 4 is 0 Å². The van der Waals surface area contributed by atoms with Crippen LogP contribution in [-0.2, 0) is 12.0 Å². The van der Waals surface area contributed by atoms with Crippen molar-refractivity contribution in [1.82, 2.24) is 20.2 Å². The van der Waals surface area contributed by atoms with E-state index >= 15 is 0 Å². The summed E-state index contributed by atoms with van der Waals surface area (Å²) < 4.78 is 0. The molecular formula is C12H15N5. The molecule has 0 atom stereocenters. The van der Waals surface area contributed by atoms with Crippen LogP contribution in [0.5, 0.6) is 0 Å². The first-order valence-corrected chi connectivity index (χ1v) is 5.85. The van der Waals surface area contributed by atoms with E-state index in [2.05, 4.69) is 27.5 Å². The second kappa shape index (κ2) is 3.92. The minimum atomic E-state index is 0.0228. The summed E-state index contributed by atoms with van der Waals surface area (Å²) >= 11 is 0. The van der Waals surface area contributed by atoms with E-state index in [1.807, 2.05) is 18.2 Å². The summed E-state index contributed by atoms with van der Waals surface area (Å²) in [6.45, 7) is 1.28. The van der Waals surface area contributed by atoms with Crippen molar-refractivity contribution in [3.8, 4) is 0 Å². The minimum absolute atomic E-state index is 0.0228. The van der Waals surface area contributed by atoms with Gasteiger partial charge in [0.05, 0.1) is 6.54 Å². The summed E-state index contributed by atoms with van der Waals surface area (Å²) in [6.07, 6.45) is 2.17. The summed E-state index contributed by atoms with van der Waals surface area (Å²) in [5.41, 5.74) is 6.94. The van der Waals surface area contributed by atoms with Gasteiger partial charge in [-0.25, -0.2) is 0 Å². The van der Waals surface area contributed by atoms with Crippen molar-refractivity contribution in [3.63, 3.8) is 0 Å². The monoisotopic (exact) mass is 229 g/mol. The molecule has 1 fully saturated rings. The average molecular weight is 229 g/mol. The summed E-state index contributed by atoms with van der Waals surface area (Å²) in [4.78, 5) is 1.64. The summed E-state index contributed by atoms with van der Waals surface area (Å²) in [5.74, 6) is 0.802. The molecule has 0 amide bonds. The molecular weight excluding hydrogens is 214 g/mol. The largest absolute Gasteiger partial charge is 0.329 e. The molecule has 0 unspecified atom stereocenters. The lowest BCUT2D eigenvalue weighted by atomic mass is 10.1. The van der Waals surface area contributed by atoms with Crippen molar-refractivity contribution in [2.24, 2.45) is 5.73 Å². The van der Waals surface area contributed by atoms with Crippen LogP contribution in [-0.4, -0.2) is 26.8 Å². The predicted molar refractivity (Wildman–Crippen MR) is 63.3 cm³/mol. The smallest absolute Gasteiger partial charge is 0.182 e. The van der Waals surface area contributed by atoms with Crippen molar-refractivity contribution in [1.29, 1.82) is 0 Å². The standard InChI is InChI=1S/C12H15N5/c13-9-12(6-7-12)11-14-16-17(15-11)8-10-4-2-1-3-5-10/h1-5H,6-9,13H2. The molecule has 1 aliphatic rings. The quantitative estimate of drug-likeness (QED) is 0.838. The number of nitrogens with zero attached hydrogens (tertiary/aromatic N) is 4. The SMILES string of the molecule is NCC1(c2nnn(Cc3ccccc3)n2)CC1. The zero-order valence-electron chi connectivity index (χ0n) is 9.58. The fourth-order valence-corrected chi connectivity index (χ4v) is 1.94. The molecule has 17 heavy (non-hydrogen) atoms. The molecule has 0 saturated heterocycles. The van der Waals surface area contributed by atoms with Gasteiger partial charge in [-0.05, 0) is 23.6 Å². The van der Waals surface area contributed by atoms with E-state index in [9.17, 15) is 0 Å². The van der Waals surface area contributed by atoms with Crippen LogP contribution in [0.1, 0.15) is 24.2 Å². The predicted octanol–water partition coefficient (Wildman–Crippen LogP) is 0.712. The topological polar surface area (TPSA) is 69.6 Å². The maximum atomic E-state index is 5.75. The molecule has 1 saturated carbocycles. The molecule has 0 bridgehead atoms. The Morgan fingerprint density at radius 1 is 1.24 bits per heavy atom. The Morgan fingerprint density at radius 2 is 2.00 bits per heavy atom. The van der Waals surface area contributed by atoms with Gasteiger partial charge in [-0.3, -0.25) is 0 Å². The van der Waals surface area contributed by atoms with Gasteiger partial charge >= 0.3 is 0 Å². The second-order valence-electron chi connectivity index (χ2n) is 4.61. The van der Waals surface area contributed by atoms with Crippen molar-refractivity contribution in [3.05, 3.63) is 41.7 Å². The Hall–Kier alpha value is -1.75. The fourth-order valence-electron chi connectivity index (χ4n) is 1.94. The van der Waals surface area contributed by atoms with Gasteiger partial charge < -0.3 is 5.73 Å². The van der Waals surface area contributed by atoms with Gasteiger partial charge in [0.25, 0.3) is 0 Å². The van der Waals surface area contributed by atoms with Crippen LogP contribution >= 0.6 is 0 Å². The van der Waals surface area contributed by atoms with Crippen molar-refractivity contribution < 1.29 is 0 Å². The Balaban J connectivity index is 1.77. The Labute approximate surface area is 99.6 Å². The first kappa shape index (κ1) is 10.4. The lowest BCUT2D eigenvalue weighted by Gasteiger charge is -2.04. The van der Waals surface area contributed by atoms with E-state index in [1.165, 1.54) is 5.56 Å². The van der Waals surface area contributed by atoms with Gasteiger partial charge in [0.2, 0.25) is 0 Å². The summed E-state index contributed by atoms with van der Waals surface area (Å²) in [7, 11) is 0. The van der Waals surface area contributed by atoms with Gasteiger partial charge in [-0.15, -0.1) is 10.2 Å². The van der Waals surface area contributed by atoms with Crippen LogP contribution in [0.25, 0.3) is 0 Å². The zero-order chi connectivity index (χ0) is 11.7. The summed E-state index contributed by atoms with van der Waals surface area (Å²) in [6, 6.07) is 10.1. The fraction of sp³-hybridized carbons (Fsp3) is 0.417. The third-order valence-corrected chi connectivity index (χ3v) is 3.34. The third-order valence-electron chi connectivity index (χ3n) is 3.34. The van der Waals surface area contributed by atoms with Crippen LogP contribution in [0, 0.1) is 0 Å². The maximum Gasteiger partial charge on any atom is 0.182 e. The van der Waals surface area contributed by atoms with Gasteiger partial charge in [-0.2, -0.15) is 4.80 Å². The van der Waals surface area contributed by atoms with E-state index in [1.54, 1.807) is 4.80 Å². The number of hydrogen-bond donors (Lipinski definition) is 1. The molecule has 1 heterocycles. The Morgan fingerprint density at radius 3 is 2.65 bits per heavy atom. The van der Waals surface area contributed by atoms with Crippen LogP contribution in [0.2, 0.25) is 0 Å². The van der Waals surface area contributed by atoms with Gasteiger partial charge in [0.15, 0.2) is 5.82 Å². The molecule has 1 aromatic heterocycles. The summed E-state index contributed by atoms with van der Waals surface area (Å²) in [5, 5.41) is 12.6.